The van der Waals surface area contributed by atoms with E-state index < -0.39 is 0 Å². The minimum atomic E-state index is -0.245. The first-order chi connectivity index (χ1) is 4.34. The fourth-order valence-corrected chi connectivity index (χ4v) is 1.27. The molecule has 1 unspecified atom stereocenters. The first-order valence-electron chi connectivity index (χ1n) is 2.66. The van der Waals surface area contributed by atoms with Crippen molar-refractivity contribution in [2.45, 2.75) is 6.23 Å². The van der Waals surface area contributed by atoms with Crippen molar-refractivity contribution in [3.05, 3.63) is 22.4 Å². The Kier molecular flexibility index (Phi) is 2.22. The summed E-state index contributed by atoms with van der Waals surface area (Å²) in [5, 5.41) is 1.98. The van der Waals surface area contributed by atoms with Crippen LogP contribution in [0.15, 0.2) is 17.5 Å². The summed E-state index contributed by atoms with van der Waals surface area (Å²) in [5.41, 5.74) is 5.53. The number of nitrogens with two attached hydrogens (primary N) is 1. The maximum absolute atomic E-state index is 5.53. The summed E-state index contributed by atoms with van der Waals surface area (Å²) in [4.78, 5) is 1.07. The predicted molar refractivity (Wildman–Crippen MR) is 38.3 cm³/mol. The smallest absolute Gasteiger partial charge is 0.140 e. The molecule has 0 aliphatic heterocycles. The van der Waals surface area contributed by atoms with Crippen molar-refractivity contribution in [2.24, 2.45) is 5.73 Å². The molecule has 0 radical (unpaired) electrons. The van der Waals surface area contributed by atoms with Gasteiger partial charge in [-0.3, -0.25) is 0 Å². The van der Waals surface area contributed by atoms with E-state index in [0.717, 1.165) is 4.88 Å². The van der Waals surface area contributed by atoms with Crippen molar-refractivity contribution in [3.8, 4) is 0 Å². The van der Waals surface area contributed by atoms with E-state index in [2.05, 4.69) is 0 Å². The molecule has 1 atom stereocenters. The molecule has 0 saturated heterocycles. The molecule has 50 valence electrons. The van der Waals surface area contributed by atoms with Gasteiger partial charge in [-0.25, -0.2) is 0 Å². The van der Waals surface area contributed by atoms with Crippen LogP contribution in [0.4, 0.5) is 0 Å². The zero-order valence-electron chi connectivity index (χ0n) is 5.20. The molecule has 0 amide bonds. The Hall–Kier alpha value is -0.380. The fraction of sp³-hybridized carbons (Fsp3) is 0.333. The minimum absolute atomic E-state index is 0.245. The Morgan fingerprint density at radius 2 is 2.56 bits per heavy atom. The molecule has 0 fully saturated rings. The van der Waals surface area contributed by atoms with Gasteiger partial charge >= 0.3 is 0 Å². The minimum Gasteiger partial charge on any atom is -0.362 e. The SMILES string of the molecule is COC(N)c1cccs1. The Bertz CT molecular complexity index is 162. The first-order valence-corrected chi connectivity index (χ1v) is 3.54. The van der Waals surface area contributed by atoms with Gasteiger partial charge in [0.05, 0.1) is 0 Å². The lowest BCUT2D eigenvalue weighted by molar-refractivity contribution is 0.112. The van der Waals surface area contributed by atoms with E-state index in [9.17, 15) is 0 Å². The van der Waals surface area contributed by atoms with Crippen molar-refractivity contribution in [1.82, 2.24) is 0 Å². The average Bonchev–Trinajstić information content (AvgIpc) is 2.37. The predicted octanol–water partition coefficient (Wildman–Crippen LogP) is 1.35. The summed E-state index contributed by atoms with van der Waals surface area (Å²) in [6.07, 6.45) is -0.245. The zero-order chi connectivity index (χ0) is 6.69. The second-order valence-corrected chi connectivity index (χ2v) is 2.65. The van der Waals surface area contributed by atoms with Crippen molar-refractivity contribution >= 4 is 11.3 Å². The average molecular weight is 143 g/mol. The molecule has 2 nitrogen and oxygen atoms in total. The molecule has 0 spiro atoms. The van der Waals surface area contributed by atoms with E-state index in [1.165, 1.54) is 0 Å². The highest BCUT2D eigenvalue weighted by Crippen LogP contribution is 2.16. The largest absolute Gasteiger partial charge is 0.362 e. The molecule has 0 bridgehead atoms. The summed E-state index contributed by atoms with van der Waals surface area (Å²) in [6.45, 7) is 0. The molecule has 2 N–H and O–H groups in total. The molecule has 1 heterocycles. The van der Waals surface area contributed by atoms with E-state index in [-0.39, 0.29) is 6.23 Å². The van der Waals surface area contributed by atoms with Crippen LogP contribution in [0.5, 0.6) is 0 Å². The van der Waals surface area contributed by atoms with Crippen LogP contribution in [0, 0.1) is 0 Å². The van der Waals surface area contributed by atoms with E-state index >= 15 is 0 Å². The summed E-state index contributed by atoms with van der Waals surface area (Å²) in [7, 11) is 1.60. The maximum atomic E-state index is 5.53. The Balaban J connectivity index is 2.65. The molecule has 1 rings (SSSR count). The second-order valence-electron chi connectivity index (χ2n) is 1.67. The van der Waals surface area contributed by atoms with Gasteiger partial charge in [0, 0.05) is 12.0 Å². The van der Waals surface area contributed by atoms with Crippen LogP contribution in [0.25, 0.3) is 0 Å². The van der Waals surface area contributed by atoms with Crippen LogP contribution >= 0.6 is 11.3 Å². The quantitative estimate of drug-likeness (QED) is 0.634. The fourth-order valence-electron chi connectivity index (χ4n) is 0.569. The van der Waals surface area contributed by atoms with Gasteiger partial charge in [-0.05, 0) is 11.4 Å². The molecular weight excluding hydrogens is 134 g/mol. The third-order valence-electron chi connectivity index (χ3n) is 1.08. The molecule has 0 aliphatic rings. The summed E-state index contributed by atoms with van der Waals surface area (Å²) < 4.78 is 4.88. The van der Waals surface area contributed by atoms with E-state index in [4.69, 9.17) is 10.5 Å². The molecule has 0 aromatic carbocycles. The Morgan fingerprint density at radius 3 is 3.00 bits per heavy atom. The number of hydrogen-bond acceptors (Lipinski definition) is 3. The lowest BCUT2D eigenvalue weighted by Crippen LogP contribution is -2.09. The van der Waals surface area contributed by atoms with Crippen molar-refractivity contribution in [2.75, 3.05) is 7.11 Å². The van der Waals surface area contributed by atoms with E-state index in [0.29, 0.717) is 0 Å². The Morgan fingerprint density at radius 1 is 1.78 bits per heavy atom. The number of hydrogen-bond donors (Lipinski definition) is 1. The van der Waals surface area contributed by atoms with Crippen LogP contribution in [0.2, 0.25) is 0 Å². The molecular formula is C6H9NOS. The van der Waals surface area contributed by atoms with Gasteiger partial charge in [0.2, 0.25) is 0 Å². The van der Waals surface area contributed by atoms with Crippen LogP contribution in [0.3, 0.4) is 0 Å². The monoisotopic (exact) mass is 143 g/mol. The molecule has 0 aliphatic carbocycles. The van der Waals surface area contributed by atoms with Gasteiger partial charge in [-0.2, -0.15) is 0 Å². The summed E-state index contributed by atoms with van der Waals surface area (Å²) >= 11 is 1.61. The van der Waals surface area contributed by atoms with Gasteiger partial charge in [0.25, 0.3) is 0 Å². The van der Waals surface area contributed by atoms with Gasteiger partial charge in [0.15, 0.2) is 0 Å². The number of rotatable bonds is 2. The van der Waals surface area contributed by atoms with Crippen LogP contribution in [0.1, 0.15) is 11.1 Å². The lowest BCUT2D eigenvalue weighted by Gasteiger charge is -2.04. The van der Waals surface area contributed by atoms with Gasteiger partial charge in [0.1, 0.15) is 6.23 Å². The Labute approximate surface area is 58.3 Å². The van der Waals surface area contributed by atoms with Crippen LogP contribution < -0.4 is 5.73 Å². The van der Waals surface area contributed by atoms with Gasteiger partial charge in [-0.1, -0.05) is 6.07 Å². The topological polar surface area (TPSA) is 35.2 Å². The summed E-state index contributed by atoms with van der Waals surface area (Å²) in [5.74, 6) is 0. The second kappa shape index (κ2) is 2.96. The first kappa shape index (κ1) is 6.74. The van der Waals surface area contributed by atoms with Gasteiger partial charge in [-0.15, -0.1) is 11.3 Å². The third kappa shape index (κ3) is 1.51. The van der Waals surface area contributed by atoms with Crippen LogP contribution in [-0.4, -0.2) is 7.11 Å². The van der Waals surface area contributed by atoms with Crippen molar-refractivity contribution < 1.29 is 4.74 Å². The lowest BCUT2D eigenvalue weighted by atomic mass is 10.4. The van der Waals surface area contributed by atoms with Gasteiger partial charge < -0.3 is 10.5 Å². The third-order valence-corrected chi connectivity index (χ3v) is 2.01. The highest BCUT2D eigenvalue weighted by molar-refractivity contribution is 7.10. The molecule has 0 saturated carbocycles. The van der Waals surface area contributed by atoms with E-state index in [1.54, 1.807) is 18.4 Å². The standard InChI is InChI=1S/C6H9NOS/c1-8-6(7)5-3-2-4-9-5/h2-4,6H,7H2,1H3. The van der Waals surface area contributed by atoms with E-state index in [1.807, 2.05) is 17.5 Å². The molecule has 1 aromatic rings. The number of thiophene rings is 1. The van der Waals surface area contributed by atoms with Crippen molar-refractivity contribution in [1.29, 1.82) is 0 Å². The highest BCUT2D eigenvalue weighted by Gasteiger charge is 2.02. The number of ether oxygens (including phenoxy) is 1. The summed E-state index contributed by atoms with van der Waals surface area (Å²) in [6, 6.07) is 3.91. The molecule has 1 aromatic heterocycles. The normalized spacial score (nSPS) is 13.6. The maximum Gasteiger partial charge on any atom is 0.140 e. The van der Waals surface area contributed by atoms with Crippen molar-refractivity contribution in [3.63, 3.8) is 0 Å². The molecule has 3 heteroatoms. The number of methoxy groups -OCH3 is 1. The molecule has 9 heavy (non-hydrogen) atoms. The van der Waals surface area contributed by atoms with Crippen LogP contribution in [-0.2, 0) is 4.74 Å². The zero-order valence-corrected chi connectivity index (χ0v) is 6.02. The highest BCUT2D eigenvalue weighted by atomic mass is 32.1.